The molecule has 0 radical (unpaired) electrons. The maximum absolute atomic E-state index is 10.6. The smallest absolute Gasteiger partial charge is 0.341 e. The van der Waals surface area contributed by atoms with Crippen LogP contribution >= 0.6 is 24.0 Å². The Hall–Kier alpha value is -2.77. The number of nitrogens with one attached hydrogen (secondary N) is 1. The number of ether oxygens (including phenoxy) is 1. The molecule has 0 fully saturated rings. The number of anilines is 2. The molecule has 0 saturated heterocycles. The molecule has 0 heterocycles. The summed E-state index contributed by atoms with van der Waals surface area (Å²) in [5, 5.41) is 22.8. The van der Waals surface area contributed by atoms with Gasteiger partial charge in [0, 0.05) is 30.0 Å². The number of carbonyl (C=O) groups is 1. The highest BCUT2D eigenvalue weighted by Crippen LogP contribution is 2.26. The highest BCUT2D eigenvalue weighted by Gasteiger charge is 2.08. The van der Waals surface area contributed by atoms with Crippen LogP contribution in [0.15, 0.2) is 72.8 Å². The fourth-order valence-electron chi connectivity index (χ4n) is 3.25. The molecular formula is C25H28Cl2N2O4. The Bertz CT molecular complexity index is 1010. The van der Waals surface area contributed by atoms with Crippen molar-refractivity contribution in [3.8, 4) is 5.75 Å². The fourth-order valence-corrected chi connectivity index (χ4v) is 3.45. The van der Waals surface area contributed by atoms with Gasteiger partial charge in [0.1, 0.15) is 5.75 Å². The molecule has 3 rings (SSSR count). The summed E-state index contributed by atoms with van der Waals surface area (Å²) in [6.45, 7) is 0.864. The van der Waals surface area contributed by atoms with Gasteiger partial charge in [-0.05, 0) is 72.6 Å². The van der Waals surface area contributed by atoms with Gasteiger partial charge in [-0.2, -0.15) is 0 Å². The molecule has 0 saturated carbocycles. The van der Waals surface area contributed by atoms with Crippen LogP contribution in [0.5, 0.6) is 5.75 Å². The second-order valence-corrected chi connectivity index (χ2v) is 7.86. The molecule has 1 atom stereocenters. The van der Waals surface area contributed by atoms with Crippen molar-refractivity contribution in [1.82, 2.24) is 5.32 Å². The molecule has 3 aromatic rings. The van der Waals surface area contributed by atoms with E-state index in [-0.39, 0.29) is 19.0 Å². The van der Waals surface area contributed by atoms with Crippen LogP contribution in [0.2, 0.25) is 5.02 Å². The summed E-state index contributed by atoms with van der Waals surface area (Å²) in [5.41, 5.74) is 4.01. The van der Waals surface area contributed by atoms with E-state index in [9.17, 15) is 9.90 Å². The normalized spacial score (nSPS) is 11.4. The summed E-state index contributed by atoms with van der Waals surface area (Å²) in [5.74, 6) is -0.480. The van der Waals surface area contributed by atoms with Gasteiger partial charge < -0.3 is 25.2 Å². The summed E-state index contributed by atoms with van der Waals surface area (Å²) in [4.78, 5) is 12.6. The third-order valence-corrected chi connectivity index (χ3v) is 5.31. The lowest BCUT2D eigenvalue weighted by atomic mass is 10.1. The number of benzene rings is 3. The van der Waals surface area contributed by atoms with Gasteiger partial charge in [-0.3, -0.25) is 0 Å². The lowest BCUT2D eigenvalue weighted by Gasteiger charge is -2.20. The largest absolute Gasteiger partial charge is 0.482 e. The number of rotatable bonds is 11. The van der Waals surface area contributed by atoms with Gasteiger partial charge in [0.15, 0.2) is 6.61 Å². The van der Waals surface area contributed by atoms with Gasteiger partial charge in [-0.25, -0.2) is 4.79 Å². The lowest BCUT2D eigenvalue weighted by molar-refractivity contribution is -0.139. The number of carboxylic acids is 1. The first-order valence-corrected chi connectivity index (χ1v) is 10.7. The van der Waals surface area contributed by atoms with Crippen molar-refractivity contribution in [1.29, 1.82) is 0 Å². The van der Waals surface area contributed by atoms with E-state index in [4.69, 9.17) is 21.4 Å². The van der Waals surface area contributed by atoms with Crippen molar-refractivity contribution in [3.05, 3.63) is 88.9 Å². The Morgan fingerprint density at radius 3 is 2.30 bits per heavy atom. The minimum Gasteiger partial charge on any atom is -0.482 e. The monoisotopic (exact) mass is 490 g/mol. The molecule has 0 spiro atoms. The van der Waals surface area contributed by atoms with Crippen LogP contribution in [0, 0.1) is 0 Å². The Balaban J connectivity index is 0.00000385. The minimum absolute atomic E-state index is 0. The summed E-state index contributed by atoms with van der Waals surface area (Å²) in [6, 6.07) is 22.9. The van der Waals surface area contributed by atoms with Gasteiger partial charge in [-0.1, -0.05) is 35.9 Å². The fraction of sp³-hybridized carbons (Fsp3) is 0.240. The van der Waals surface area contributed by atoms with E-state index < -0.39 is 12.1 Å². The number of nitrogens with zero attached hydrogens (tertiary/aromatic N) is 1. The van der Waals surface area contributed by atoms with Gasteiger partial charge >= 0.3 is 5.97 Å². The van der Waals surface area contributed by atoms with Gasteiger partial charge in [0.05, 0.1) is 6.10 Å². The first kappa shape index (κ1) is 26.5. The van der Waals surface area contributed by atoms with Crippen molar-refractivity contribution >= 4 is 41.4 Å². The Labute approximate surface area is 205 Å². The van der Waals surface area contributed by atoms with E-state index in [2.05, 4.69) is 29.6 Å². The summed E-state index contributed by atoms with van der Waals surface area (Å²) in [6.07, 6.45) is 0.257. The van der Waals surface area contributed by atoms with Crippen molar-refractivity contribution in [2.24, 2.45) is 0 Å². The Kier molecular flexibility index (Phi) is 10.5. The van der Waals surface area contributed by atoms with E-state index in [0.29, 0.717) is 17.3 Å². The average molecular weight is 491 g/mol. The lowest BCUT2D eigenvalue weighted by Crippen LogP contribution is -2.23. The molecule has 33 heavy (non-hydrogen) atoms. The third kappa shape index (κ3) is 8.26. The van der Waals surface area contributed by atoms with Crippen LogP contribution in [0.25, 0.3) is 0 Å². The number of aliphatic hydroxyl groups excluding tert-OH is 1. The zero-order valence-electron chi connectivity index (χ0n) is 18.3. The number of hydrogen-bond acceptors (Lipinski definition) is 5. The molecule has 0 bridgehead atoms. The summed E-state index contributed by atoms with van der Waals surface area (Å²) >= 11 is 5.97. The minimum atomic E-state index is -1.00. The standard InChI is InChI=1S/C25H27ClN2O4.ClH/c1-28(22-9-11-23(12-10-22)32-17-25(30)31)21-7-5-18(6-8-21)13-14-27-16-24(29)19-3-2-4-20(26)15-19;/h2-12,15,24,27,29H,13-14,16-17H2,1H3,(H,30,31);1H/t24-;/m0./s1. The average Bonchev–Trinajstić information content (AvgIpc) is 2.80. The van der Waals surface area contributed by atoms with E-state index in [1.54, 1.807) is 24.3 Å². The predicted octanol–water partition coefficient (Wildman–Crippen LogP) is 4.86. The van der Waals surface area contributed by atoms with Crippen molar-refractivity contribution in [2.75, 3.05) is 31.6 Å². The molecule has 0 aliphatic heterocycles. The van der Waals surface area contributed by atoms with E-state index in [1.165, 1.54) is 5.56 Å². The van der Waals surface area contributed by atoms with Gasteiger partial charge in [0.25, 0.3) is 0 Å². The van der Waals surface area contributed by atoms with Crippen LogP contribution in [0.1, 0.15) is 17.2 Å². The number of aliphatic carboxylic acids is 1. The molecule has 6 nitrogen and oxygen atoms in total. The van der Waals surface area contributed by atoms with Gasteiger partial charge in [-0.15, -0.1) is 12.4 Å². The second kappa shape index (κ2) is 13.1. The molecule has 0 aromatic heterocycles. The van der Waals surface area contributed by atoms with Crippen LogP contribution in [-0.4, -0.2) is 42.9 Å². The second-order valence-electron chi connectivity index (χ2n) is 7.43. The first-order chi connectivity index (χ1) is 15.4. The first-order valence-electron chi connectivity index (χ1n) is 10.3. The van der Waals surface area contributed by atoms with Crippen LogP contribution < -0.4 is 15.0 Å². The molecule has 0 aliphatic rings. The number of halogens is 2. The van der Waals surface area contributed by atoms with Crippen molar-refractivity contribution in [2.45, 2.75) is 12.5 Å². The molecule has 3 aromatic carbocycles. The van der Waals surface area contributed by atoms with E-state index in [1.807, 2.05) is 36.2 Å². The molecule has 0 unspecified atom stereocenters. The molecule has 8 heteroatoms. The molecule has 3 N–H and O–H groups in total. The van der Waals surface area contributed by atoms with Crippen LogP contribution in [0.4, 0.5) is 11.4 Å². The maximum Gasteiger partial charge on any atom is 0.341 e. The van der Waals surface area contributed by atoms with Gasteiger partial charge in [0.2, 0.25) is 0 Å². The zero-order chi connectivity index (χ0) is 22.9. The Morgan fingerprint density at radius 1 is 1.06 bits per heavy atom. The summed E-state index contributed by atoms with van der Waals surface area (Å²) < 4.78 is 5.17. The number of aliphatic hydroxyl groups is 1. The van der Waals surface area contributed by atoms with Crippen molar-refractivity contribution < 1.29 is 19.7 Å². The molecular weight excluding hydrogens is 463 g/mol. The highest BCUT2D eigenvalue weighted by molar-refractivity contribution is 6.30. The topological polar surface area (TPSA) is 82.0 Å². The van der Waals surface area contributed by atoms with E-state index in [0.717, 1.165) is 29.9 Å². The van der Waals surface area contributed by atoms with Crippen molar-refractivity contribution in [3.63, 3.8) is 0 Å². The predicted molar refractivity (Wildman–Crippen MR) is 134 cm³/mol. The molecule has 0 aliphatic carbocycles. The molecule has 0 amide bonds. The quantitative estimate of drug-likeness (QED) is 0.333. The number of hydrogen-bond donors (Lipinski definition) is 3. The summed E-state index contributed by atoms with van der Waals surface area (Å²) in [7, 11) is 1.97. The maximum atomic E-state index is 10.6. The van der Waals surface area contributed by atoms with E-state index >= 15 is 0 Å². The highest BCUT2D eigenvalue weighted by atomic mass is 35.5. The Morgan fingerprint density at radius 2 is 1.70 bits per heavy atom. The third-order valence-electron chi connectivity index (χ3n) is 5.07. The molecule has 176 valence electrons. The van der Waals surface area contributed by atoms with Crippen LogP contribution in [0.3, 0.4) is 0 Å². The number of carboxylic acid groups (broad SMARTS) is 1. The zero-order valence-corrected chi connectivity index (χ0v) is 19.9. The SMILES string of the molecule is CN(c1ccc(CCNC[C@H](O)c2cccc(Cl)c2)cc1)c1ccc(OCC(=O)O)cc1.Cl. The van der Waals surface area contributed by atoms with Crippen LogP contribution in [-0.2, 0) is 11.2 Å².